The van der Waals surface area contributed by atoms with Gasteiger partial charge in [-0.25, -0.2) is 4.98 Å². The van der Waals surface area contributed by atoms with Crippen molar-refractivity contribution in [3.8, 4) is 22.5 Å². The van der Waals surface area contributed by atoms with E-state index in [0.29, 0.717) is 24.9 Å². The van der Waals surface area contributed by atoms with E-state index in [1.807, 2.05) is 54.1 Å². The second-order valence-corrected chi connectivity index (χ2v) is 9.73. The molecule has 0 spiro atoms. The van der Waals surface area contributed by atoms with Crippen LogP contribution in [0.2, 0.25) is 0 Å². The van der Waals surface area contributed by atoms with Crippen molar-refractivity contribution >= 4 is 5.82 Å². The van der Waals surface area contributed by atoms with Crippen molar-refractivity contribution in [2.45, 2.75) is 45.9 Å². The molecule has 3 N–H and O–H groups in total. The van der Waals surface area contributed by atoms with Gasteiger partial charge in [0, 0.05) is 34.8 Å². The summed E-state index contributed by atoms with van der Waals surface area (Å²) in [5.41, 5.74) is 10.9. The Morgan fingerprint density at radius 3 is 2.29 bits per heavy atom. The molecule has 0 unspecified atom stereocenters. The average molecular weight is 472 g/mol. The smallest absolute Gasteiger partial charge is 0.217 e. The fourth-order valence-corrected chi connectivity index (χ4v) is 4.64. The molecule has 0 saturated carbocycles. The second kappa shape index (κ2) is 10.1. The van der Waals surface area contributed by atoms with Gasteiger partial charge >= 0.3 is 0 Å². The van der Waals surface area contributed by atoms with Crippen LogP contribution in [0.25, 0.3) is 22.5 Å². The molecular weight excluding hydrogens is 438 g/mol. The van der Waals surface area contributed by atoms with E-state index in [2.05, 4.69) is 41.3 Å². The maximum absolute atomic E-state index is 6.21. The molecular formula is C28H33N5O2. The van der Waals surface area contributed by atoms with Gasteiger partial charge in [-0.1, -0.05) is 74.0 Å². The molecule has 1 aliphatic heterocycles. The first-order valence-electron chi connectivity index (χ1n) is 12.2. The molecule has 5 rings (SSSR count). The fourth-order valence-electron chi connectivity index (χ4n) is 4.64. The predicted molar refractivity (Wildman–Crippen MR) is 137 cm³/mol. The van der Waals surface area contributed by atoms with Gasteiger partial charge in [0.2, 0.25) is 6.29 Å². The Morgan fingerprint density at radius 1 is 1.00 bits per heavy atom. The Morgan fingerprint density at radius 2 is 1.66 bits per heavy atom. The minimum absolute atomic E-state index is 0.0220. The van der Waals surface area contributed by atoms with Crippen LogP contribution in [-0.2, 0) is 16.0 Å². The van der Waals surface area contributed by atoms with E-state index in [1.165, 1.54) is 0 Å². The van der Waals surface area contributed by atoms with Crippen molar-refractivity contribution in [3.63, 3.8) is 0 Å². The van der Waals surface area contributed by atoms with Gasteiger partial charge in [-0.3, -0.25) is 4.68 Å². The van der Waals surface area contributed by atoms with Crippen molar-refractivity contribution < 1.29 is 9.47 Å². The first-order valence-corrected chi connectivity index (χ1v) is 12.2. The van der Waals surface area contributed by atoms with Crippen LogP contribution < -0.4 is 5.73 Å². The van der Waals surface area contributed by atoms with Gasteiger partial charge in [-0.2, -0.15) is 5.10 Å². The van der Waals surface area contributed by atoms with Crippen molar-refractivity contribution in [2.75, 3.05) is 18.9 Å². The summed E-state index contributed by atoms with van der Waals surface area (Å²) in [4.78, 5) is 8.41. The fraction of sp³-hybridized carbons (Fsp3) is 0.357. The lowest BCUT2D eigenvalue weighted by molar-refractivity contribution is -0.235. The first kappa shape index (κ1) is 23.3. The van der Waals surface area contributed by atoms with Crippen LogP contribution in [0.15, 0.2) is 66.7 Å². The number of nitrogens with two attached hydrogens (primary N) is 1. The van der Waals surface area contributed by atoms with Gasteiger partial charge in [-0.15, -0.1) is 0 Å². The summed E-state index contributed by atoms with van der Waals surface area (Å²) < 4.78 is 14.4. The topological polar surface area (TPSA) is 91.0 Å². The zero-order valence-corrected chi connectivity index (χ0v) is 20.4. The molecule has 1 saturated heterocycles. The predicted octanol–water partition coefficient (Wildman–Crippen LogP) is 5.75. The minimum Gasteiger partial charge on any atom is -0.382 e. The van der Waals surface area contributed by atoms with Gasteiger partial charge in [0.1, 0.15) is 5.82 Å². The lowest BCUT2D eigenvalue weighted by atomic mass is 9.86. The molecule has 182 valence electrons. The lowest BCUT2D eigenvalue weighted by Crippen LogP contribution is -2.36. The minimum atomic E-state index is -0.502. The van der Waals surface area contributed by atoms with E-state index >= 15 is 0 Å². The number of ether oxygens (including phenoxy) is 2. The van der Waals surface area contributed by atoms with Gasteiger partial charge in [0.05, 0.1) is 24.6 Å². The SMILES string of the molecule is Cc1cc(N)nn1CCCCC1(C)COC(c2nc(-c3ccccc3)c(-c3ccccc3)[nH]2)OC1. The summed E-state index contributed by atoms with van der Waals surface area (Å²) in [7, 11) is 0. The van der Waals surface area contributed by atoms with Crippen LogP contribution in [0, 0.1) is 12.3 Å². The molecule has 0 atom stereocenters. The number of hydrogen-bond donors (Lipinski definition) is 2. The van der Waals surface area contributed by atoms with Crippen LogP contribution in [0.3, 0.4) is 0 Å². The standard InChI is InChI=1S/C28H33N5O2/c1-20-17-23(29)32-33(20)16-10-9-15-28(2)18-34-27(35-19-28)26-30-24(21-11-5-3-6-12-21)25(31-26)22-13-7-4-8-14-22/h3-8,11-14,17,27H,9-10,15-16,18-19H2,1-2H3,(H2,29,32)(H,30,31). The number of H-pyrrole nitrogens is 1. The Hall–Kier alpha value is -3.42. The summed E-state index contributed by atoms with van der Waals surface area (Å²) in [5.74, 6) is 1.29. The lowest BCUT2D eigenvalue weighted by Gasteiger charge is -2.36. The third-order valence-electron chi connectivity index (χ3n) is 6.62. The largest absolute Gasteiger partial charge is 0.382 e. The number of rotatable bonds is 8. The Labute approximate surface area is 206 Å². The van der Waals surface area contributed by atoms with Crippen LogP contribution in [0.1, 0.15) is 44.0 Å². The van der Waals surface area contributed by atoms with Gasteiger partial charge in [0.15, 0.2) is 5.82 Å². The molecule has 1 fully saturated rings. The monoisotopic (exact) mass is 471 g/mol. The number of nitrogens with zero attached hydrogens (tertiary/aromatic N) is 3. The van der Waals surface area contributed by atoms with E-state index in [9.17, 15) is 0 Å². The highest BCUT2D eigenvalue weighted by molar-refractivity contribution is 5.78. The van der Waals surface area contributed by atoms with E-state index in [1.54, 1.807) is 0 Å². The van der Waals surface area contributed by atoms with E-state index in [4.69, 9.17) is 20.2 Å². The number of unbranched alkanes of at least 4 members (excludes halogenated alkanes) is 1. The van der Waals surface area contributed by atoms with Crippen LogP contribution in [0.4, 0.5) is 5.82 Å². The number of aromatic amines is 1. The number of nitrogen functional groups attached to an aromatic ring is 1. The highest BCUT2D eigenvalue weighted by atomic mass is 16.7. The maximum Gasteiger partial charge on any atom is 0.217 e. The van der Waals surface area contributed by atoms with Crippen LogP contribution in [-0.4, -0.2) is 33.0 Å². The summed E-state index contributed by atoms with van der Waals surface area (Å²) >= 11 is 0. The van der Waals surface area contributed by atoms with Crippen molar-refractivity contribution in [1.29, 1.82) is 0 Å². The molecule has 2 aromatic heterocycles. The first-order chi connectivity index (χ1) is 17.0. The molecule has 0 aliphatic carbocycles. The van der Waals surface area contributed by atoms with Crippen molar-refractivity contribution in [1.82, 2.24) is 19.7 Å². The summed E-state index contributed by atoms with van der Waals surface area (Å²) in [6.07, 6.45) is 2.64. The zero-order chi connectivity index (χ0) is 24.3. The third kappa shape index (κ3) is 5.31. The van der Waals surface area contributed by atoms with Gasteiger partial charge in [-0.05, 0) is 19.8 Å². The molecule has 1 aliphatic rings. The molecule has 0 amide bonds. The maximum atomic E-state index is 6.21. The number of anilines is 1. The van der Waals surface area contributed by atoms with Crippen LogP contribution >= 0.6 is 0 Å². The van der Waals surface area contributed by atoms with Crippen molar-refractivity contribution in [2.24, 2.45) is 5.41 Å². The van der Waals surface area contributed by atoms with E-state index in [0.717, 1.165) is 54.0 Å². The average Bonchev–Trinajstić information content (AvgIpc) is 3.46. The molecule has 7 heteroatoms. The van der Waals surface area contributed by atoms with E-state index in [-0.39, 0.29) is 5.41 Å². The van der Waals surface area contributed by atoms with Crippen LogP contribution in [0.5, 0.6) is 0 Å². The molecule has 4 aromatic rings. The number of aryl methyl sites for hydroxylation is 2. The number of aromatic nitrogens is 4. The summed E-state index contributed by atoms with van der Waals surface area (Å²) in [5, 5.41) is 4.34. The Balaban J connectivity index is 1.23. The Bertz CT molecular complexity index is 1180. The van der Waals surface area contributed by atoms with Crippen molar-refractivity contribution in [3.05, 3.63) is 78.2 Å². The molecule has 35 heavy (non-hydrogen) atoms. The van der Waals surface area contributed by atoms with E-state index < -0.39 is 6.29 Å². The zero-order valence-electron chi connectivity index (χ0n) is 20.4. The molecule has 2 aromatic carbocycles. The normalized spacial score (nSPS) is 20.2. The highest BCUT2D eigenvalue weighted by Gasteiger charge is 2.34. The quantitative estimate of drug-likeness (QED) is 0.319. The molecule has 7 nitrogen and oxygen atoms in total. The highest BCUT2D eigenvalue weighted by Crippen LogP contribution is 2.37. The molecule has 0 bridgehead atoms. The molecule has 0 radical (unpaired) electrons. The second-order valence-electron chi connectivity index (χ2n) is 9.73. The van der Waals surface area contributed by atoms with Gasteiger partial charge in [0.25, 0.3) is 0 Å². The number of imidazole rings is 1. The summed E-state index contributed by atoms with van der Waals surface area (Å²) in [6.45, 7) is 6.41. The molecule has 3 heterocycles. The summed E-state index contributed by atoms with van der Waals surface area (Å²) in [6, 6.07) is 22.4. The third-order valence-corrected chi connectivity index (χ3v) is 6.62. The number of nitrogens with one attached hydrogen (secondary N) is 1. The number of hydrogen-bond acceptors (Lipinski definition) is 5. The Kier molecular flexibility index (Phi) is 6.70. The number of benzene rings is 2. The van der Waals surface area contributed by atoms with Gasteiger partial charge < -0.3 is 20.2 Å².